The number of rotatable bonds is 5. The summed E-state index contributed by atoms with van der Waals surface area (Å²) < 4.78 is 6.00. The van der Waals surface area contributed by atoms with Crippen molar-refractivity contribution in [3.8, 4) is 0 Å². The minimum atomic E-state index is -0.211. The first kappa shape index (κ1) is 28.5. The fourth-order valence-corrected chi connectivity index (χ4v) is 8.33. The van der Waals surface area contributed by atoms with Crippen LogP contribution in [0.4, 0.5) is 0 Å². The summed E-state index contributed by atoms with van der Waals surface area (Å²) in [5.41, 5.74) is 6.17. The van der Waals surface area contributed by atoms with Crippen LogP contribution in [0.1, 0.15) is 96.8 Å². The number of benzene rings is 1. The molecule has 0 aromatic heterocycles. The number of carbonyl (C=O) groups excluding carboxylic acids is 2. The van der Waals surface area contributed by atoms with Gasteiger partial charge in [-0.1, -0.05) is 65.0 Å². The number of nitrogens with zero attached hydrogens (tertiary/aromatic N) is 1. The molecule has 0 heterocycles. The predicted molar refractivity (Wildman–Crippen MR) is 155 cm³/mol. The van der Waals surface area contributed by atoms with Crippen LogP contribution in [0.15, 0.2) is 58.6 Å². The van der Waals surface area contributed by atoms with E-state index in [1.165, 1.54) is 22.4 Å². The molecule has 0 saturated heterocycles. The van der Waals surface area contributed by atoms with Crippen molar-refractivity contribution in [2.75, 3.05) is 6.54 Å². The maximum Gasteiger partial charge on any atom is 0.338 e. The molecule has 1 aromatic rings. The van der Waals surface area contributed by atoms with Gasteiger partial charge in [0.2, 0.25) is 0 Å². The van der Waals surface area contributed by atoms with E-state index in [2.05, 4.69) is 34.3 Å². The highest BCUT2D eigenvalue weighted by molar-refractivity contribution is 6.06. The second kappa shape index (κ2) is 11.3. The molecule has 0 aliphatic heterocycles. The lowest BCUT2D eigenvalue weighted by Gasteiger charge is -2.57. The smallest absolute Gasteiger partial charge is 0.338 e. The lowest BCUT2D eigenvalue weighted by molar-refractivity contribution is -0.113. The Morgan fingerprint density at radius 1 is 1.16 bits per heavy atom. The fourth-order valence-electron chi connectivity index (χ4n) is 8.33. The van der Waals surface area contributed by atoms with Gasteiger partial charge in [-0.25, -0.2) is 4.79 Å². The van der Waals surface area contributed by atoms with Crippen molar-refractivity contribution >= 4 is 18.0 Å². The number of ether oxygens (including phenoxy) is 1. The molecule has 1 aromatic carbocycles. The van der Waals surface area contributed by atoms with Crippen LogP contribution in [0.3, 0.4) is 0 Å². The Morgan fingerprint density at radius 2 is 1.87 bits per heavy atom. The topological polar surface area (TPSA) is 55.7 Å². The summed E-state index contributed by atoms with van der Waals surface area (Å²) in [6, 6.07) is 9.33. The second-order valence-electron chi connectivity index (χ2n) is 12.2. The lowest BCUT2D eigenvalue weighted by Crippen LogP contribution is -2.49. The van der Waals surface area contributed by atoms with Crippen LogP contribution >= 0.6 is 0 Å². The average Bonchev–Trinajstić information content (AvgIpc) is 3.23. The van der Waals surface area contributed by atoms with Crippen molar-refractivity contribution < 1.29 is 14.3 Å². The van der Waals surface area contributed by atoms with Crippen LogP contribution in [0.2, 0.25) is 0 Å². The average molecular weight is 518 g/mol. The molecule has 5 unspecified atom stereocenters. The molecule has 0 spiro atoms. The van der Waals surface area contributed by atoms with E-state index in [9.17, 15) is 9.59 Å². The first-order valence-electron chi connectivity index (χ1n) is 14.9. The third-order valence-corrected chi connectivity index (χ3v) is 10.3. The zero-order valence-corrected chi connectivity index (χ0v) is 24.4. The Morgan fingerprint density at radius 3 is 2.53 bits per heavy atom. The summed E-state index contributed by atoms with van der Waals surface area (Å²) in [5.74, 6) is 1.06. The number of aliphatic imine (C=N–C) groups is 1. The zero-order chi connectivity index (χ0) is 27.7. The van der Waals surface area contributed by atoms with Crippen LogP contribution in [0.25, 0.3) is 0 Å². The Labute approximate surface area is 230 Å². The summed E-state index contributed by atoms with van der Waals surface area (Å²) in [7, 11) is 0. The van der Waals surface area contributed by atoms with Gasteiger partial charge in [-0.15, -0.1) is 0 Å². The molecule has 206 valence electrons. The number of esters is 1. The summed E-state index contributed by atoms with van der Waals surface area (Å²) in [5, 5.41) is 0. The number of carbonyl (C=O) groups is 2. The van der Waals surface area contributed by atoms with Gasteiger partial charge in [0.05, 0.1) is 5.56 Å². The number of hydrogen-bond donors (Lipinski definition) is 0. The Bertz CT molecular complexity index is 1120. The minimum absolute atomic E-state index is 0.00524. The highest BCUT2D eigenvalue weighted by Crippen LogP contribution is 2.66. The van der Waals surface area contributed by atoms with Gasteiger partial charge in [0.15, 0.2) is 0 Å². The van der Waals surface area contributed by atoms with E-state index in [1.807, 2.05) is 44.2 Å². The van der Waals surface area contributed by atoms with E-state index in [0.717, 1.165) is 57.8 Å². The van der Waals surface area contributed by atoms with Gasteiger partial charge < -0.3 is 9.53 Å². The molecule has 0 amide bonds. The van der Waals surface area contributed by atoms with Crippen LogP contribution in [0, 0.1) is 34.5 Å². The SMILES string of the molecule is C=C1C[C@H]2CC(OC(=O)c3ccccc3)CCC2(C)C2CCC3(C)C(=C12)C(=NCC)CC3[C@H](C)C=O.CC. The first-order chi connectivity index (χ1) is 18.2. The quantitative estimate of drug-likeness (QED) is 0.293. The van der Waals surface area contributed by atoms with Crippen LogP contribution < -0.4 is 0 Å². The van der Waals surface area contributed by atoms with Gasteiger partial charge in [-0.05, 0) is 104 Å². The van der Waals surface area contributed by atoms with E-state index < -0.39 is 0 Å². The number of fused-ring (bicyclic) bond motifs is 4. The predicted octanol–water partition coefficient (Wildman–Crippen LogP) is 8.03. The molecular weight excluding hydrogens is 470 g/mol. The molecule has 0 N–H and O–H groups in total. The minimum Gasteiger partial charge on any atom is -0.459 e. The molecule has 5 rings (SSSR count). The molecule has 4 aliphatic carbocycles. The maximum atomic E-state index is 12.7. The summed E-state index contributed by atoms with van der Waals surface area (Å²) >= 11 is 0. The number of allylic oxidation sites excluding steroid dienone is 3. The number of aldehydes is 1. The molecular formula is C34H47NO3. The summed E-state index contributed by atoms with van der Waals surface area (Å²) in [6.07, 6.45) is 8.08. The van der Waals surface area contributed by atoms with Gasteiger partial charge in [-0.3, -0.25) is 4.99 Å². The maximum absolute atomic E-state index is 12.7. The Hall–Kier alpha value is -2.49. The van der Waals surface area contributed by atoms with E-state index in [1.54, 1.807) is 0 Å². The second-order valence-corrected chi connectivity index (χ2v) is 12.2. The van der Waals surface area contributed by atoms with E-state index in [0.29, 0.717) is 23.3 Å². The van der Waals surface area contributed by atoms with Gasteiger partial charge in [0, 0.05) is 18.2 Å². The molecule has 3 fully saturated rings. The van der Waals surface area contributed by atoms with Crippen molar-refractivity contribution in [2.24, 2.45) is 39.5 Å². The third kappa shape index (κ3) is 4.73. The van der Waals surface area contributed by atoms with Gasteiger partial charge in [0.1, 0.15) is 12.4 Å². The molecule has 4 heteroatoms. The van der Waals surface area contributed by atoms with E-state index in [4.69, 9.17) is 9.73 Å². The van der Waals surface area contributed by atoms with Crippen molar-refractivity contribution in [2.45, 2.75) is 92.6 Å². The van der Waals surface area contributed by atoms with Crippen LogP contribution in [-0.4, -0.2) is 30.6 Å². The van der Waals surface area contributed by atoms with Crippen molar-refractivity contribution in [3.63, 3.8) is 0 Å². The Balaban J connectivity index is 0.00000164. The third-order valence-electron chi connectivity index (χ3n) is 10.3. The van der Waals surface area contributed by atoms with E-state index in [-0.39, 0.29) is 28.8 Å². The fraction of sp³-hybridized carbons (Fsp3) is 0.618. The highest BCUT2D eigenvalue weighted by Gasteiger charge is 2.58. The summed E-state index contributed by atoms with van der Waals surface area (Å²) in [4.78, 5) is 29.6. The summed E-state index contributed by atoms with van der Waals surface area (Å²) in [6.45, 7) is 18.5. The molecule has 4 aliphatic rings. The zero-order valence-electron chi connectivity index (χ0n) is 24.4. The molecule has 7 atom stereocenters. The molecule has 0 radical (unpaired) electrons. The largest absolute Gasteiger partial charge is 0.459 e. The first-order valence-corrected chi connectivity index (χ1v) is 14.9. The van der Waals surface area contributed by atoms with Crippen molar-refractivity contribution in [3.05, 3.63) is 59.2 Å². The van der Waals surface area contributed by atoms with Gasteiger partial charge in [-0.2, -0.15) is 0 Å². The van der Waals surface area contributed by atoms with Crippen molar-refractivity contribution in [1.29, 1.82) is 0 Å². The van der Waals surface area contributed by atoms with Crippen LogP contribution in [-0.2, 0) is 9.53 Å². The standard InChI is InChI=1S/C32H41NO3.C2H6/c1-6-33-27-18-26(21(3)19-34)32(5)15-13-25-28(29(27)32)20(2)16-23-17-24(12-14-31(23,25)4)36-30(35)22-10-8-7-9-11-22;1-2/h7-11,19,21,23-26H,2,6,12-18H2,1,3-5H3;1-2H3/t21-,23+,24?,25?,26?,31?,32?;/m1./s1. The van der Waals surface area contributed by atoms with E-state index >= 15 is 0 Å². The van der Waals surface area contributed by atoms with Crippen molar-refractivity contribution in [1.82, 2.24) is 0 Å². The monoisotopic (exact) mass is 517 g/mol. The Kier molecular flexibility index (Phi) is 8.49. The molecule has 4 nitrogen and oxygen atoms in total. The normalized spacial score (nSPS) is 35.8. The molecule has 38 heavy (non-hydrogen) atoms. The van der Waals surface area contributed by atoms with Gasteiger partial charge in [0.25, 0.3) is 0 Å². The van der Waals surface area contributed by atoms with Crippen LogP contribution in [0.5, 0.6) is 0 Å². The lowest BCUT2D eigenvalue weighted by atomic mass is 9.48. The highest BCUT2D eigenvalue weighted by atomic mass is 16.5. The molecule has 0 bridgehead atoms. The molecule has 3 saturated carbocycles. The number of hydrogen-bond acceptors (Lipinski definition) is 4. The van der Waals surface area contributed by atoms with Gasteiger partial charge >= 0.3 is 5.97 Å².